The lowest BCUT2D eigenvalue weighted by molar-refractivity contribution is 0.222. The zero-order chi connectivity index (χ0) is 14.0. The fraction of sp³-hybridized carbons (Fsp3) is 0.500. The molecule has 106 valence electrons. The molecule has 1 heterocycles. The van der Waals surface area contributed by atoms with Crippen molar-refractivity contribution in [2.24, 2.45) is 0 Å². The average Bonchev–Trinajstić information content (AvgIpc) is 2.38. The highest BCUT2D eigenvalue weighted by Crippen LogP contribution is 2.22. The van der Waals surface area contributed by atoms with Crippen LogP contribution in [0.2, 0.25) is 0 Å². The van der Waals surface area contributed by atoms with Crippen LogP contribution in [-0.4, -0.2) is 50.8 Å². The molecule has 1 aliphatic heterocycles. The van der Waals surface area contributed by atoms with Crippen LogP contribution in [-0.2, 0) is 15.9 Å². The molecule has 2 rings (SSSR count). The second-order valence-corrected chi connectivity index (χ2v) is 6.78. The number of sulfonamides is 1. The Balaban J connectivity index is 2.29. The van der Waals surface area contributed by atoms with Crippen LogP contribution in [0.3, 0.4) is 0 Å². The SMILES string of the molecule is CN1CCN(S(=O)(=O)c2ccc(CCl)cc2F)CC1. The van der Waals surface area contributed by atoms with Crippen molar-refractivity contribution in [3.63, 3.8) is 0 Å². The molecule has 1 aromatic carbocycles. The lowest BCUT2D eigenvalue weighted by Gasteiger charge is -2.31. The van der Waals surface area contributed by atoms with Crippen LogP contribution < -0.4 is 0 Å². The minimum absolute atomic E-state index is 0.158. The molecule has 0 aliphatic carbocycles. The first-order valence-electron chi connectivity index (χ1n) is 5.98. The van der Waals surface area contributed by atoms with Gasteiger partial charge in [0.1, 0.15) is 10.7 Å². The van der Waals surface area contributed by atoms with Gasteiger partial charge in [0.2, 0.25) is 10.0 Å². The smallest absolute Gasteiger partial charge is 0.246 e. The van der Waals surface area contributed by atoms with Crippen LogP contribution in [0.15, 0.2) is 23.1 Å². The highest BCUT2D eigenvalue weighted by atomic mass is 35.5. The van der Waals surface area contributed by atoms with Crippen molar-refractivity contribution in [2.75, 3.05) is 33.2 Å². The molecule has 0 amide bonds. The molecular weight excluding hydrogens is 291 g/mol. The molecule has 1 aliphatic rings. The normalized spacial score (nSPS) is 18.7. The molecule has 19 heavy (non-hydrogen) atoms. The van der Waals surface area contributed by atoms with Crippen molar-refractivity contribution in [3.05, 3.63) is 29.6 Å². The molecule has 0 unspecified atom stereocenters. The summed E-state index contributed by atoms with van der Waals surface area (Å²) in [4.78, 5) is 1.77. The van der Waals surface area contributed by atoms with Crippen molar-refractivity contribution in [1.29, 1.82) is 0 Å². The van der Waals surface area contributed by atoms with Crippen LogP contribution in [0.1, 0.15) is 5.56 Å². The van der Waals surface area contributed by atoms with Crippen molar-refractivity contribution >= 4 is 21.6 Å². The zero-order valence-electron chi connectivity index (χ0n) is 10.6. The predicted molar refractivity (Wildman–Crippen MR) is 72.2 cm³/mol. The summed E-state index contributed by atoms with van der Waals surface area (Å²) in [6.07, 6.45) is 0. The van der Waals surface area contributed by atoms with E-state index in [2.05, 4.69) is 0 Å². The number of hydrogen-bond donors (Lipinski definition) is 0. The molecule has 1 aromatic rings. The van der Waals surface area contributed by atoms with Crippen LogP contribution in [0.25, 0.3) is 0 Å². The number of alkyl halides is 1. The maximum Gasteiger partial charge on any atom is 0.246 e. The molecule has 0 aromatic heterocycles. The van der Waals surface area contributed by atoms with Crippen molar-refractivity contribution in [3.8, 4) is 0 Å². The maximum atomic E-state index is 13.9. The Hall–Kier alpha value is -0.690. The van der Waals surface area contributed by atoms with E-state index in [9.17, 15) is 12.8 Å². The van der Waals surface area contributed by atoms with E-state index in [1.165, 1.54) is 16.4 Å². The van der Waals surface area contributed by atoms with E-state index in [1.807, 2.05) is 11.9 Å². The van der Waals surface area contributed by atoms with Gasteiger partial charge in [-0.3, -0.25) is 0 Å². The molecule has 0 spiro atoms. The summed E-state index contributed by atoms with van der Waals surface area (Å²) >= 11 is 5.60. The van der Waals surface area contributed by atoms with Crippen LogP contribution in [0.5, 0.6) is 0 Å². The van der Waals surface area contributed by atoms with Gasteiger partial charge in [-0.25, -0.2) is 12.8 Å². The molecule has 0 N–H and O–H groups in total. The van der Waals surface area contributed by atoms with Crippen LogP contribution in [0.4, 0.5) is 4.39 Å². The number of benzene rings is 1. The Morgan fingerprint density at radius 2 is 1.89 bits per heavy atom. The lowest BCUT2D eigenvalue weighted by Crippen LogP contribution is -2.47. The Morgan fingerprint density at radius 3 is 2.42 bits per heavy atom. The molecule has 1 fully saturated rings. The third kappa shape index (κ3) is 3.08. The monoisotopic (exact) mass is 306 g/mol. The number of rotatable bonds is 3. The van der Waals surface area contributed by atoms with Gasteiger partial charge in [-0.2, -0.15) is 4.31 Å². The molecule has 0 bridgehead atoms. The third-order valence-corrected chi connectivity index (χ3v) is 5.47. The fourth-order valence-electron chi connectivity index (χ4n) is 2.00. The van der Waals surface area contributed by atoms with Gasteiger partial charge in [0.15, 0.2) is 0 Å². The topological polar surface area (TPSA) is 40.6 Å². The first-order chi connectivity index (χ1) is 8.95. The Labute approximate surface area is 117 Å². The standard InChI is InChI=1S/C12H16ClFN2O2S/c1-15-4-6-16(7-5-15)19(17,18)12-3-2-10(9-13)8-11(12)14/h2-3,8H,4-7,9H2,1H3. The molecule has 1 saturated heterocycles. The second-order valence-electron chi connectivity index (χ2n) is 4.61. The minimum atomic E-state index is -3.75. The Bertz CT molecular complexity index is 557. The van der Waals surface area contributed by atoms with Crippen molar-refractivity contribution in [2.45, 2.75) is 10.8 Å². The third-order valence-electron chi connectivity index (χ3n) is 3.23. The number of halogens is 2. The van der Waals surface area contributed by atoms with E-state index in [1.54, 1.807) is 6.07 Å². The van der Waals surface area contributed by atoms with E-state index >= 15 is 0 Å². The maximum absolute atomic E-state index is 13.9. The molecule has 0 radical (unpaired) electrons. The number of piperazine rings is 1. The van der Waals surface area contributed by atoms with Crippen LogP contribution >= 0.6 is 11.6 Å². The van der Waals surface area contributed by atoms with Crippen LogP contribution in [0, 0.1) is 5.82 Å². The summed E-state index contributed by atoms with van der Waals surface area (Å²) in [6, 6.07) is 4.01. The van der Waals surface area contributed by atoms with Gasteiger partial charge in [0, 0.05) is 32.1 Å². The van der Waals surface area contributed by atoms with Gasteiger partial charge in [-0.05, 0) is 24.7 Å². The van der Waals surface area contributed by atoms with Gasteiger partial charge >= 0.3 is 0 Å². The molecule has 4 nitrogen and oxygen atoms in total. The van der Waals surface area contributed by atoms with E-state index < -0.39 is 15.8 Å². The quantitative estimate of drug-likeness (QED) is 0.795. The highest BCUT2D eigenvalue weighted by Gasteiger charge is 2.29. The predicted octanol–water partition coefficient (Wildman–Crippen LogP) is 1.50. The number of hydrogen-bond acceptors (Lipinski definition) is 3. The lowest BCUT2D eigenvalue weighted by atomic mass is 10.2. The Morgan fingerprint density at radius 1 is 1.26 bits per heavy atom. The summed E-state index contributed by atoms with van der Waals surface area (Å²) in [5, 5.41) is 0. The fourth-order valence-corrected chi connectivity index (χ4v) is 3.64. The van der Waals surface area contributed by atoms with E-state index in [4.69, 9.17) is 11.6 Å². The molecule has 0 saturated carbocycles. The summed E-state index contributed by atoms with van der Waals surface area (Å²) < 4.78 is 39.9. The molecule has 7 heteroatoms. The van der Waals surface area contributed by atoms with Gasteiger partial charge in [-0.15, -0.1) is 11.6 Å². The number of nitrogens with zero attached hydrogens (tertiary/aromatic N) is 2. The molecule has 0 atom stereocenters. The van der Waals surface area contributed by atoms with Gasteiger partial charge in [0.25, 0.3) is 0 Å². The second kappa shape index (κ2) is 5.75. The van der Waals surface area contributed by atoms with Gasteiger partial charge in [0.05, 0.1) is 0 Å². The Kier molecular flexibility index (Phi) is 4.45. The molecular formula is C12H16ClFN2O2S. The largest absolute Gasteiger partial charge is 0.304 e. The summed E-state index contributed by atoms with van der Waals surface area (Å²) in [7, 11) is -1.82. The first-order valence-corrected chi connectivity index (χ1v) is 7.95. The minimum Gasteiger partial charge on any atom is -0.304 e. The number of likely N-dealkylation sites (N-methyl/N-ethyl adjacent to an activating group) is 1. The first kappa shape index (κ1) is 14.7. The van der Waals surface area contributed by atoms with Gasteiger partial charge < -0.3 is 4.90 Å². The highest BCUT2D eigenvalue weighted by molar-refractivity contribution is 7.89. The summed E-state index contributed by atoms with van der Waals surface area (Å²) in [6.45, 7) is 2.08. The zero-order valence-corrected chi connectivity index (χ0v) is 12.2. The average molecular weight is 307 g/mol. The summed E-state index contributed by atoms with van der Waals surface area (Å²) in [5.41, 5.74) is 0.566. The van der Waals surface area contributed by atoms with E-state index in [0.717, 1.165) is 0 Å². The van der Waals surface area contributed by atoms with E-state index in [-0.39, 0.29) is 10.8 Å². The van der Waals surface area contributed by atoms with Crippen molar-refractivity contribution in [1.82, 2.24) is 9.21 Å². The van der Waals surface area contributed by atoms with Crippen molar-refractivity contribution < 1.29 is 12.8 Å². The van der Waals surface area contributed by atoms with Gasteiger partial charge in [-0.1, -0.05) is 6.07 Å². The summed E-state index contributed by atoms with van der Waals surface area (Å²) in [5.74, 6) is -0.580. The van der Waals surface area contributed by atoms with E-state index in [0.29, 0.717) is 31.7 Å².